The van der Waals surface area contributed by atoms with Crippen molar-refractivity contribution in [2.45, 2.75) is 32.3 Å². The van der Waals surface area contributed by atoms with E-state index in [0.29, 0.717) is 12.2 Å². The molecule has 2 atom stereocenters. The van der Waals surface area contributed by atoms with E-state index in [1.807, 2.05) is 59.5 Å². The van der Waals surface area contributed by atoms with Crippen molar-refractivity contribution in [1.82, 2.24) is 10.3 Å². The van der Waals surface area contributed by atoms with E-state index in [1.165, 1.54) is 11.3 Å². The summed E-state index contributed by atoms with van der Waals surface area (Å²) in [6.07, 6.45) is -0.788. The van der Waals surface area contributed by atoms with Crippen molar-refractivity contribution in [2.75, 3.05) is 6.54 Å². The minimum atomic E-state index is -0.842. The van der Waals surface area contributed by atoms with E-state index in [2.05, 4.69) is 10.3 Å². The standard InChI is InChI=1S/C21H22N2O3S2/c1-14(16-6-4-3-5-7-16)11-22-20(25)15(2)26-19(24)10-18-13-28-21(23-18)17-8-9-27-12-17/h3-9,12-15H,10-11H2,1-2H3,(H,22,25)/t14-,15+/m1/s1. The summed E-state index contributed by atoms with van der Waals surface area (Å²) in [7, 11) is 0. The van der Waals surface area contributed by atoms with Crippen LogP contribution in [-0.2, 0) is 20.7 Å². The predicted molar refractivity (Wildman–Crippen MR) is 113 cm³/mol. The third kappa shape index (κ3) is 5.50. The Bertz CT molecular complexity index is 907. The monoisotopic (exact) mass is 414 g/mol. The Morgan fingerprint density at radius 2 is 1.93 bits per heavy atom. The van der Waals surface area contributed by atoms with Gasteiger partial charge in [-0.2, -0.15) is 11.3 Å². The molecule has 0 saturated carbocycles. The summed E-state index contributed by atoms with van der Waals surface area (Å²) in [5.74, 6) is -0.576. The van der Waals surface area contributed by atoms with Gasteiger partial charge in [-0.3, -0.25) is 9.59 Å². The van der Waals surface area contributed by atoms with Gasteiger partial charge in [0.2, 0.25) is 0 Å². The quantitative estimate of drug-likeness (QED) is 0.559. The van der Waals surface area contributed by atoms with Crippen molar-refractivity contribution < 1.29 is 14.3 Å². The zero-order valence-corrected chi connectivity index (χ0v) is 17.4. The first-order valence-corrected chi connectivity index (χ1v) is 10.8. The van der Waals surface area contributed by atoms with Gasteiger partial charge in [0.15, 0.2) is 6.10 Å². The zero-order valence-electron chi connectivity index (χ0n) is 15.8. The van der Waals surface area contributed by atoms with Crippen LogP contribution in [0.3, 0.4) is 0 Å². The average Bonchev–Trinajstić information content (AvgIpc) is 3.38. The van der Waals surface area contributed by atoms with Crippen LogP contribution in [0.4, 0.5) is 0 Å². The number of thiazole rings is 1. The highest BCUT2D eigenvalue weighted by molar-refractivity contribution is 7.14. The molecule has 5 nitrogen and oxygen atoms in total. The van der Waals surface area contributed by atoms with Crippen molar-refractivity contribution in [3.63, 3.8) is 0 Å². The van der Waals surface area contributed by atoms with Crippen LogP contribution < -0.4 is 5.32 Å². The lowest BCUT2D eigenvalue weighted by atomic mass is 10.0. The van der Waals surface area contributed by atoms with Gasteiger partial charge in [0.25, 0.3) is 5.91 Å². The minimum absolute atomic E-state index is 0.0542. The molecule has 3 aromatic rings. The largest absolute Gasteiger partial charge is 0.452 e. The van der Waals surface area contributed by atoms with Gasteiger partial charge in [-0.25, -0.2) is 4.98 Å². The van der Waals surface area contributed by atoms with Crippen LogP contribution in [0, 0.1) is 0 Å². The van der Waals surface area contributed by atoms with Crippen molar-refractivity contribution >= 4 is 34.6 Å². The second-order valence-electron chi connectivity index (χ2n) is 6.52. The van der Waals surface area contributed by atoms with Gasteiger partial charge >= 0.3 is 5.97 Å². The first kappa shape index (κ1) is 20.2. The number of carbonyl (C=O) groups excluding carboxylic acids is 2. The van der Waals surface area contributed by atoms with Gasteiger partial charge in [0.05, 0.1) is 12.1 Å². The highest BCUT2D eigenvalue weighted by Crippen LogP contribution is 2.25. The van der Waals surface area contributed by atoms with Crippen LogP contribution in [0.15, 0.2) is 52.5 Å². The highest BCUT2D eigenvalue weighted by Gasteiger charge is 2.19. The van der Waals surface area contributed by atoms with Crippen molar-refractivity contribution in [3.8, 4) is 10.6 Å². The number of carbonyl (C=O) groups is 2. The van der Waals surface area contributed by atoms with Crippen LogP contribution in [0.1, 0.15) is 31.0 Å². The third-order valence-electron chi connectivity index (χ3n) is 4.27. The molecule has 0 aliphatic carbocycles. The van der Waals surface area contributed by atoms with Crippen LogP contribution in [0.5, 0.6) is 0 Å². The summed E-state index contributed by atoms with van der Waals surface area (Å²) < 4.78 is 5.27. The number of nitrogens with one attached hydrogen (secondary N) is 1. The van der Waals surface area contributed by atoms with Gasteiger partial charge < -0.3 is 10.1 Å². The SMILES string of the molecule is C[C@H](OC(=O)Cc1csc(-c2ccsc2)n1)C(=O)NC[C@@H](C)c1ccccc1. The summed E-state index contributed by atoms with van der Waals surface area (Å²) in [6, 6.07) is 12.0. The molecule has 0 saturated heterocycles. The summed E-state index contributed by atoms with van der Waals surface area (Å²) in [4.78, 5) is 28.8. The third-order valence-corrected chi connectivity index (χ3v) is 5.90. The molecule has 146 valence electrons. The Balaban J connectivity index is 1.45. The number of thiophene rings is 1. The second kappa shape index (κ2) is 9.61. The molecule has 0 aliphatic heterocycles. The van der Waals surface area contributed by atoms with E-state index in [-0.39, 0.29) is 18.2 Å². The molecule has 7 heteroatoms. The summed E-state index contributed by atoms with van der Waals surface area (Å²) in [6.45, 7) is 4.11. The van der Waals surface area contributed by atoms with Gasteiger partial charge in [0, 0.05) is 22.9 Å². The van der Waals surface area contributed by atoms with Crippen molar-refractivity contribution in [1.29, 1.82) is 0 Å². The summed E-state index contributed by atoms with van der Waals surface area (Å²) in [5, 5.41) is 9.58. The van der Waals surface area contributed by atoms with Crippen molar-refractivity contribution in [3.05, 3.63) is 63.8 Å². The van der Waals surface area contributed by atoms with Crippen LogP contribution in [0.2, 0.25) is 0 Å². The van der Waals surface area contributed by atoms with Crippen LogP contribution in [0.25, 0.3) is 10.6 Å². The van der Waals surface area contributed by atoms with Gasteiger partial charge in [-0.15, -0.1) is 11.3 Å². The van der Waals surface area contributed by atoms with E-state index in [4.69, 9.17) is 4.74 Å². The fraction of sp³-hybridized carbons (Fsp3) is 0.286. The molecule has 0 aliphatic rings. The van der Waals surface area contributed by atoms with E-state index in [1.54, 1.807) is 18.3 Å². The number of amides is 1. The number of esters is 1. The number of rotatable bonds is 8. The lowest BCUT2D eigenvalue weighted by Gasteiger charge is -2.16. The molecule has 0 bridgehead atoms. The molecular weight excluding hydrogens is 392 g/mol. The van der Waals surface area contributed by atoms with Crippen LogP contribution >= 0.6 is 22.7 Å². The highest BCUT2D eigenvalue weighted by atomic mass is 32.1. The maximum absolute atomic E-state index is 12.2. The van der Waals surface area contributed by atoms with Crippen LogP contribution in [-0.4, -0.2) is 29.5 Å². The Morgan fingerprint density at radius 1 is 1.14 bits per heavy atom. The Morgan fingerprint density at radius 3 is 2.64 bits per heavy atom. The first-order chi connectivity index (χ1) is 13.5. The lowest BCUT2D eigenvalue weighted by molar-refractivity contribution is -0.154. The Kier molecular flexibility index (Phi) is 6.95. The molecule has 1 N–H and O–H groups in total. The van der Waals surface area contributed by atoms with Crippen molar-refractivity contribution in [2.24, 2.45) is 0 Å². The lowest BCUT2D eigenvalue weighted by Crippen LogP contribution is -2.37. The molecule has 1 amide bonds. The molecule has 0 radical (unpaired) electrons. The number of ether oxygens (including phenoxy) is 1. The number of nitrogens with zero attached hydrogens (tertiary/aromatic N) is 1. The maximum atomic E-state index is 12.2. The summed E-state index contributed by atoms with van der Waals surface area (Å²) in [5.41, 5.74) is 2.86. The van der Waals surface area contributed by atoms with E-state index < -0.39 is 12.1 Å². The molecule has 2 heterocycles. The molecule has 0 unspecified atom stereocenters. The van der Waals surface area contributed by atoms with Gasteiger partial charge in [-0.1, -0.05) is 37.3 Å². The van der Waals surface area contributed by atoms with Gasteiger partial charge in [0.1, 0.15) is 5.01 Å². The second-order valence-corrected chi connectivity index (χ2v) is 8.16. The molecule has 2 aromatic heterocycles. The van der Waals surface area contributed by atoms with E-state index in [9.17, 15) is 9.59 Å². The molecule has 0 fully saturated rings. The average molecular weight is 415 g/mol. The maximum Gasteiger partial charge on any atom is 0.312 e. The zero-order chi connectivity index (χ0) is 19.9. The normalized spacial score (nSPS) is 12.9. The smallest absolute Gasteiger partial charge is 0.312 e. The first-order valence-electron chi connectivity index (χ1n) is 9.02. The molecular formula is C21H22N2O3S2. The molecule has 0 spiro atoms. The molecule has 28 heavy (non-hydrogen) atoms. The molecule has 1 aromatic carbocycles. The number of hydrogen-bond donors (Lipinski definition) is 1. The topological polar surface area (TPSA) is 68.3 Å². The number of benzene rings is 1. The predicted octanol–water partition coefficient (Wildman–Crippen LogP) is 4.27. The Labute approximate surface area is 172 Å². The minimum Gasteiger partial charge on any atom is -0.452 e. The summed E-state index contributed by atoms with van der Waals surface area (Å²) >= 11 is 3.10. The fourth-order valence-electron chi connectivity index (χ4n) is 2.64. The Hall–Kier alpha value is -2.51. The van der Waals surface area contributed by atoms with Gasteiger partial charge in [-0.05, 0) is 29.9 Å². The number of hydrogen-bond acceptors (Lipinski definition) is 6. The van der Waals surface area contributed by atoms with E-state index >= 15 is 0 Å². The van der Waals surface area contributed by atoms with E-state index in [0.717, 1.165) is 16.1 Å². The fourth-order valence-corrected chi connectivity index (χ4v) is 4.18. The molecule has 3 rings (SSSR count). The number of aromatic nitrogens is 1.